The number of carbonyl (C=O) groups excluding carboxylic acids is 1. The van der Waals surface area contributed by atoms with Crippen molar-refractivity contribution in [3.8, 4) is 0 Å². The van der Waals surface area contributed by atoms with E-state index < -0.39 is 18.1 Å². The highest BCUT2D eigenvalue weighted by Gasteiger charge is 2.44. The number of piperidine rings is 1. The molecule has 1 saturated heterocycles. The van der Waals surface area contributed by atoms with Gasteiger partial charge in [-0.1, -0.05) is 5.16 Å². The van der Waals surface area contributed by atoms with Crippen LogP contribution in [-0.2, 0) is 0 Å². The molecule has 2 rings (SSSR count). The van der Waals surface area contributed by atoms with Gasteiger partial charge in [0.25, 0.3) is 11.7 Å². The van der Waals surface area contributed by atoms with Gasteiger partial charge in [0.2, 0.25) is 5.89 Å². The number of hydrogen-bond donors (Lipinski definition) is 1. The van der Waals surface area contributed by atoms with Gasteiger partial charge in [0.1, 0.15) is 6.04 Å². The van der Waals surface area contributed by atoms with Crippen LogP contribution in [0.3, 0.4) is 0 Å². The van der Waals surface area contributed by atoms with Crippen molar-refractivity contribution in [3.63, 3.8) is 0 Å². The Balaban J connectivity index is 1.92. The van der Waals surface area contributed by atoms with Crippen LogP contribution in [0.5, 0.6) is 0 Å². The van der Waals surface area contributed by atoms with Crippen LogP contribution < -0.4 is 5.32 Å². The number of nitrogens with zero attached hydrogens (tertiary/aromatic N) is 3. The summed E-state index contributed by atoms with van der Waals surface area (Å²) in [5, 5.41) is 6.08. The van der Waals surface area contributed by atoms with Crippen LogP contribution in [0.15, 0.2) is 4.52 Å². The van der Waals surface area contributed by atoms with Gasteiger partial charge in [-0.25, -0.2) is 0 Å². The lowest BCUT2D eigenvalue weighted by Crippen LogP contribution is -2.54. The number of nitrogens with one attached hydrogen (secondary N) is 1. The molecule has 1 fully saturated rings. The molecule has 1 aliphatic rings. The van der Waals surface area contributed by atoms with Crippen LogP contribution in [0.1, 0.15) is 29.4 Å². The molecular formula is C11H15F3N4O2. The molecule has 1 aromatic rings. The second-order valence-corrected chi connectivity index (χ2v) is 4.88. The lowest BCUT2D eigenvalue weighted by atomic mass is 9.98. The summed E-state index contributed by atoms with van der Waals surface area (Å²) in [4.78, 5) is 16.7. The predicted molar refractivity (Wildman–Crippen MR) is 62.0 cm³/mol. The van der Waals surface area contributed by atoms with E-state index in [0.717, 1.165) is 0 Å². The molecule has 9 heteroatoms. The largest absolute Gasteiger partial charge is 0.404 e. The standard InChI is InChI=1S/C11H15F3N4O2/c1-6-15-9(17-20-6)10(19)16-7-3-4-8(11(12,13)14)18(2)5-7/h7-8H,3-5H2,1-2H3,(H,16,19)/t7-,8-/m1/s1. The fourth-order valence-corrected chi connectivity index (χ4v) is 2.32. The second-order valence-electron chi connectivity index (χ2n) is 4.88. The van der Waals surface area contributed by atoms with E-state index in [1.165, 1.54) is 11.9 Å². The highest BCUT2D eigenvalue weighted by Crippen LogP contribution is 2.30. The van der Waals surface area contributed by atoms with Gasteiger partial charge in [-0.2, -0.15) is 18.2 Å². The van der Waals surface area contributed by atoms with E-state index in [9.17, 15) is 18.0 Å². The number of carbonyl (C=O) groups is 1. The van der Waals surface area contributed by atoms with Gasteiger partial charge in [0.05, 0.1) is 0 Å². The molecule has 6 nitrogen and oxygen atoms in total. The quantitative estimate of drug-likeness (QED) is 0.885. The molecule has 0 bridgehead atoms. The molecule has 1 aromatic heterocycles. The number of amides is 1. The van der Waals surface area contributed by atoms with Gasteiger partial charge in [-0.05, 0) is 19.9 Å². The molecular weight excluding hydrogens is 277 g/mol. The van der Waals surface area contributed by atoms with Gasteiger partial charge >= 0.3 is 6.18 Å². The van der Waals surface area contributed by atoms with E-state index in [-0.39, 0.29) is 37.1 Å². The number of likely N-dealkylation sites (tertiary alicyclic amines) is 1. The van der Waals surface area contributed by atoms with Crippen molar-refractivity contribution < 1.29 is 22.5 Å². The smallest absolute Gasteiger partial charge is 0.345 e. The van der Waals surface area contributed by atoms with E-state index >= 15 is 0 Å². The maximum absolute atomic E-state index is 12.7. The molecule has 20 heavy (non-hydrogen) atoms. The van der Waals surface area contributed by atoms with Crippen molar-refractivity contribution in [2.24, 2.45) is 0 Å². The number of rotatable bonds is 2. The molecule has 1 N–H and O–H groups in total. The number of halogens is 3. The average Bonchev–Trinajstić information content (AvgIpc) is 2.74. The lowest BCUT2D eigenvalue weighted by Gasteiger charge is -2.38. The number of alkyl halides is 3. The Morgan fingerprint density at radius 2 is 2.15 bits per heavy atom. The van der Waals surface area contributed by atoms with Gasteiger partial charge in [0, 0.05) is 19.5 Å². The minimum Gasteiger partial charge on any atom is -0.345 e. The molecule has 0 radical (unpaired) electrons. The average molecular weight is 292 g/mol. The molecule has 0 aliphatic carbocycles. The van der Waals surface area contributed by atoms with Gasteiger partial charge < -0.3 is 9.84 Å². The number of aryl methyl sites for hydroxylation is 1. The van der Waals surface area contributed by atoms with Crippen LogP contribution in [0, 0.1) is 6.92 Å². The number of likely N-dealkylation sites (N-methyl/N-ethyl adjacent to an activating group) is 1. The number of aromatic nitrogens is 2. The summed E-state index contributed by atoms with van der Waals surface area (Å²) in [5.74, 6) is -0.387. The maximum Gasteiger partial charge on any atom is 0.404 e. The fraction of sp³-hybridized carbons (Fsp3) is 0.727. The Kier molecular flexibility index (Phi) is 3.98. The molecule has 2 heterocycles. The Morgan fingerprint density at radius 1 is 1.45 bits per heavy atom. The summed E-state index contributed by atoms with van der Waals surface area (Å²) >= 11 is 0. The SMILES string of the molecule is Cc1nc(C(=O)N[C@@H]2CC[C@H](C(F)(F)F)N(C)C2)no1. The first-order chi connectivity index (χ1) is 9.27. The van der Waals surface area contributed by atoms with Crippen LogP contribution in [0.2, 0.25) is 0 Å². The van der Waals surface area contributed by atoms with Crippen molar-refractivity contribution in [1.29, 1.82) is 0 Å². The molecule has 1 amide bonds. The Labute approximate surface area is 113 Å². The van der Waals surface area contributed by atoms with E-state index in [4.69, 9.17) is 0 Å². The summed E-state index contributed by atoms with van der Waals surface area (Å²) in [7, 11) is 1.40. The molecule has 2 atom stereocenters. The third-order valence-electron chi connectivity index (χ3n) is 3.27. The molecule has 0 unspecified atom stereocenters. The van der Waals surface area contributed by atoms with Gasteiger partial charge in [0.15, 0.2) is 0 Å². The normalized spacial score (nSPS) is 24.6. The molecule has 0 saturated carbocycles. The third-order valence-corrected chi connectivity index (χ3v) is 3.27. The minimum atomic E-state index is -4.24. The highest BCUT2D eigenvalue weighted by atomic mass is 19.4. The molecule has 0 spiro atoms. The van der Waals surface area contributed by atoms with Gasteiger partial charge in [-0.3, -0.25) is 9.69 Å². The Morgan fingerprint density at radius 3 is 2.65 bits per heavy atom. The lowest BCUT2D eigenvalue weighted by molar-refractivity contribution is -0.188. The van der Waals surface area contributed by atoms with Crippen molar-refractivity contribution >= 4 is 5.91 Å². The van der Waals surface area contributed by atoms with Gasteiger partial charge in [-0.15, -0.1) is 0 Å². The van der Waals surface area contributed by atoms with Crippen LogP contribution in [-0.4, -0.2) is 52.8 Å². The Hall–Kier alpha value is -1.64. The first-order valence-electron chi connectivity index (χ1n) is 6.15. The topological polar surface area (TPSA) is 71.3 Å². The van der Waals surface area contributed by atoms with Crippen molar-refractivity contribution in [3.05, 3.63) is 11.7 Å². The third kappa shape index (κ3) is 3.27. The van der Waals surface area contributed by atoms with E-state index in [1.807, 2.05) is 0 Å². The van der Waals surface area contributed by atoms with Crippen molar-refractivity contribution in [1.82, 2.24) is 20.4 Å². The number of hydrogen-bond acceptors (Lipinski definition) is 5. The monoisotopic (exact) mass is 292 g/mol. The Bertz CT molecular complexity index is 488. The first kappa shape index (κ1) is 14.8. The summed E-state index contributed by atoms with van der Waals surface area (Å²) < 4.78 is 42.7. The molecule has 112 valence electrons. The molecule has 1 aliphatic heterocycles. The van der Waals surface area contributed by atoms with Crippen LogP contribution in [0.4, 0.5) is 13.2 Å². The summed E-state index contributed by atoms with van der Waals surface area (Å²) in [6.07, 6.45) is -4.03. The first-order valence-corrected chi connectivity index (χ1v) is 6.15. The summed E-state index contributed by atoms with van der Waals surface area (Å²) in [6.45, 7) is 1.68. The van der Waals surface area contributed by atoms with Crippen LogP contribution >= 0.6 is 0 Å². The fourth-order valence-electron chi connectivity index (χ4n) is 2.32. The zero-order chi connectivity index (χ0) is 14.9. The maximum atomic E-state index is 12.7. The summed E-state index contributed by atoms with van der Waals surface area (Å²) in [6, 6.07) is -1.81. The van der Waals surface area contributed by atoms with E-state index in [1.54, 1.807) is 6.92 Å². The molecule has 0 aromatic carbocycles. The van der Waals surface area contributed by atoms with Crippen LogP contribution in [0.25, 0.3) is 0 Å². The summed E-state index contributed by atoms with van der Waals surface area (Å²) in [5.41, 5.74) is 0. The predicted octanol–water partition coefficient (Wildman–Crippen LogP) is 1.13. The highest BCUT2D eigenvalue weighted by molar-refractivity contribution is 5.90. The minimum absolute atomic E-state index is 0.0454. The zero-order valence-corrected chi connectivity index (χ0v) is 11.1. The van der Waals surface area contributed by atoms with Crippen molar-refractivity contribution in [2.45, 2.75) is 38.0 Å². The van der Waals surface area contributed by atoms with Crippen molar-refractivity contribution in [2.75, 3.05) is 13.6 Å². The van der Waals surface area contributed by atoms with E-state index in [2.05, 4.69) is 20.0 Å². The van der Waals surface area contributed by atoms with E-state index in [0.29, 0.717) is 0 Å². The second kappa shape index (κ2) is 5.39. The zero-order valence-electron chi connectivity index (χ0n) is 11.1.